The molecule has 35 heavy (non-hydrogen) atoms. The lowest BCUT2D eigenvalue weighted by molar-refractivity contribution is 0.0581. The fourth-order valence-electron chi connectivity index (χ4n) is 4.39. The maximum atomic E-state index is 14.7. The van der Waals surface area contributed by atoms with Crippen molar-refractivity contribution >= 4 is 39.2 Å². The zero-order valence-electron chi connectivity index (χ0n) is 19.1. The summed E-state index contributed by atoms with van der Waals surface area (Å²) in [4.78, 5) is 24.3. The summed E-state index contributed by atoms with van der Waals surface area (Å²) in [6.07, 6.45) is 6.90. The van der Waals surface area contributed by atoms with Crippen LogP contribution in [0.1, 0.15) is 47.8 Å². The molecule has 0 radical (unpaired) electrons. The molecule has 1 aliphatic carbocycles. The predicted octanol–water partition coefficient (Wildman–Crippen LogP) is 5.77. The van der Waals surface area contributed by atoms with E-state index in [4.69, 9.17) is 9.26 Å². The number of carbonyl (C=O) groups is 1. The molecule has 1 saturated heterocycles. The number of nitrogens with zero attached hydrogens (tertiary/aromatic N) is 4. The first-order valence-corrected chi connectivity index (χ1v) is 13.7. The third-order valence-corrected chi connectivity index (χ3v) is 8.20. The Morgan fingerprint density at radius 2 is 2.00 bits per heavy atom. The second-order valence-corrected chi connectivity index (χ2v) is 10.6. The van der Waals surface area contributed by atoms with Crippen LogP contribution in [0.15, 0.2) is 45.4 Å². The molecule has 0 spiro atoms. The minimum Gasteiger partial charge on any atom is -0.473 e. The Balaban J connectivity index is 1.14. The Morgan fingerprint density at radius 3 is 2.74 bits per heavy atom. The van der Waals surface area contributed by atoms with Gasteiger partial charge in [0, 0.05) is 59.3 Å². The van der Waals surface area contributed by atoms with E-state index in [-0.39, 0.29) is 17.8 Å². The summed E-state index contributed by atoms with van der Waals surface area (Å²) in [6.45, 7) is 1.15. The summed E-state index contributed by atoms with van der Waals surface area (Å²) >= 11 is 2.95. The molecule has 0 unspecified atom stereocenters. The Morgan fingerprint density at radius 1 is 1.17 bits per heavy atom. The number of thioether (sulfide) groups is 1. The van der Waals surface area contributed by atoms with Crippen molar-refractivity contribution in [2.24, 2.45) is 0 Å². The topological polar surface area (TPSA) is 81.4 Å². The lowest BCUT2D eigenvalue weighted by atomic mass is 10.1. The van der Waals surface area contributed by atoms with E-state index < -0.39 is 0 Å². The van der Waals surface area contributed by atoms with Gasteiger partial charge in [0.2, 0.25) is 5.88 Å². The predicted molar refractivity (Wildman–Crippen MR) is 133 cm³/mol. The highest BCUT2D eigenvalue weighted by molar-refractivity contribution is 7.98. The number of piperidine rings is 1. The van der Waals surface area contributed by atoms with E-state index in [1.54, 1.807) is 23.1 Å². The van der Waals surface area contributed by atoms with Gasteiger partial charge in [-0.1, -0.05) is 11.2 Å². The van der Waals surface area contributed by atoms with Crippen LogP contribution in [0.25, 0.3) is 21.3 Å². The molecule has 1 aliphatic heterocycles. The molecule has 0 bridgehead atoms. The molecule has 2 aliphatic rings. The van der Waals surface area contributed by atoms with Crippen LogP contribution in [0.3, 0.4) is 0 Å². The first-order valence-electron chi connectivity index (χ1n) is 11.6. The fourth-order valence-corrected chi connectivity index (χ4v) is 5.77. The van der Waals surface area contributed by atoms with Gasteiger partial charge in [-0.2, -0.15) is 0 Å². The maximum Gasteiger partial charge on any atom is 0.276 e. The number of hydrogen-bond donors (Lipinski definition) is 0. The van der Waals surface area contributed by atoms with Crippen LogP contribution in [0, 0.1) is 5.82 Å². The van der Waals surface area contributed by atoms with Gasteiger partial charge in [0.1, 0.15) is 28.7 Å². The SMILES string of the molecule is CSc1ccc(-c2csc3c(OC4CCN(C(=O)c5cc(C6CC6)on5)CC4)ncnc23)c(F)c1. The van der Waals surface area contributed by atoms with E-state index in [1.165, 1.54) is 29.4 Å². The molecule has 3 aromatic heterocycles. The average molecular weight is 511 g/mol. The number of rotatable bonds is 6. The van der Waals surface area contributed by atoms with Crippen LogP contribution in [0.5, 0.6) is 5.88 Å². The van der Waals surface area contributed by atoms with Crippen LogP contribution in [-0.4, -0.2) is 51.4 Å². The Bertz CT molecular complexity index is 1390. The zero-order chi connectivity index (χ0) is 23.9. The molecule has 7 nitrogen and oxygen atoms in total. The van der Waals surface area contributed by atoms with Gasteiger partial charge in [0.05, 0.1) is 5.52 Å². The van der Waals surface area contributed by atoms with Gasteiger partial charge >= 0.3 is 0 Å². The standard InChI is InChI=1S/C25H23FN4O3S2/c1-34-16-4-5-17(19(26)10-16)18-12-35-23-22(18)27-13-28-24(23)32-15-6-8-30(9-7-15)25(31)20-11-21(33-29-20)14-2-3-14/h4-5,10-15H,2-3,6-9H2,1H3. The molecule has 10 heteroatoms. The minimum absolute atomic E-state index is 0.0698. The number of ether oxygens (including phenoxy) is 1. The van der Waals surface area contributed by atoms with E-state index in [1.807, 2.05) is 17.7 Å². The molecule has 0 N–H and O–H groups in total. The largest absolute Gasteiger partial charge is 0.473 e. The first-order chi connectivity index (χ1) is 17.1. The first kappa shape index (κ1) is 22.5. The van der Waals surface area contributed by atoms with E-state index in [0.717, 1.165) is 33.8 Å². The molecule has 1 saturated carbocycles. The van der Waals surface area contributed by atoms with Crippen molar-refractivity contribution in [3.63, 3.8) is 0 Å². The van der Waals surface area contributed by atoms with Crippen molar-refractivity contribution in [1.29, 1.82) is 0 Å². The van der Waals surface area contributed by atoms with Crippen LogP contribution >= 0.6 is 23.1 Å². The summed E-state index contributed by atoms with van der Waals surface area (Å²) in [6, 6.07) is 7.03. The van der Waals surface area contributed by atoms with E-state index in [9.17, 15) is 9.18 Å². The van der Waals surface area contributed by atoms with Crippen molar-refractivity contribution < 1.29 is 18.4 Å². The molecule has 1 aromatic carbocycles. The molecule has 180 valence electrons. The van der Waals surface area contributed by atoms with Gasteiger partial charge < -0.3 is 14.2 Å². The molecular weight excluding hydrogens is 487 g/mol. The highest BCUT2D eigenvalue weighted by Crippen LogP contribution is 2.41. The second-order valence-electron chi connectivity index (χ2n) is 8.85. The Hall–Kier alpha value is -2.98. The Labute approximate surface area is 209 Å². The van der Waals surface area contributed by atoms with Crippen LogP contribution in [0.4, 0.5) is 4.39 Å². The van der Waals surface area contributed by atoms with Crippen molar-refractivity contribution in [2.75, 3.05) is 19.3 Å². The molecular formula is C25H23FN4O3S2. The minimum atomic E-state index is -0.272. The van der Waals surface area contributed by atoms with Gasteiger partial charge in [-0.15, -0.1) is 23.1 Å². The quantitative estimate of drug-likeness (QED) is 0.305. The summed E-state index contributed by atoms with van der Waals surface area (Å²) in [5.41, 5.74) is 2.32. The van der Waals surface area contributed by atoms with E-state index in [0.29, 0.717) is 54.5 Å². The molecule has 6 rings (SSSR count). The maximum absolute atomic E-state index is 14.7. The normalized spacial score (nSPS) is 16.7. The summed E-state index contributed by atoms with van der Waals surface area (Å²) < 4.78 is 27.1. The Kier molecular flexibility index (Phi) is 5.93. The number of likely N-dealkylation sites (tertiary alicyclic amines) is 1. The van der Waals surface area contributed by atoms with E-state index in [2.05, 4.69) is 15.1 Å². The zero-order valence-corrected chi connectivity index (χ0v) is 20.7. The molecule has 4 heterocycles. The highest BCUT2D eigenvalue weighted by Gasteiger charge is 2.31. The number of amides is 1. The lowest BCUT2D eigenvalue weighted by Gasteiger charge is -2.31. The van der Waals surface area contributed by atoms with Crippen LogP contribution < -0.4 is 4.74 Å². The van der Waals surface area contributed by atoms with Gasteiger partial charge in [-0.05, 0) is 31.2 Å². The van der Waals surface area contributed by atoms with Gasteiger partial charge in [-0.3, -0.25) is 4.79 Å². The number of aromatic nitrogens is 3. The average Bonchev–Trinajstić information content (AvgIpc) is 3.45. The van der Waals surface area contributed by atoms with Crippen molar-refractivity contribution in [3.05, 3.63) is 53.2 Å². The molecule has 2 fully saturated rings. The summed E-state index contributed by atoms with van der Waals surface area (Å²) in [5.74, 6) is 1.38. The number of hydrogen-bond acceptors (Lipinski definition) is 8. The number of carbonyl (C=O) groups excluding carboxylic acids is 1. The van der Waals surface area contributed by atoms with Gasteiger partial charge in [0.15, 0.2) is 5.69 Å². The third-order valence-electron chi connectivity index (χ3n) is 6.52. The lowest BCUT2D eigenvalue weighted by Crippen LogP contribution is -2.42. The smallest absolute Gasteiger partial charge is 0.276 e. The fraction of sp³-hybridized carbons (Fsp3) is 0.360. The van der Waals surface area contributed by atoms with Gasteiger partial charge in [0.25, 0.3) is 5.91 Å². The molecule has 0 atom stereocenters. The highest BCUT2D eigenvalue weighted by atomic mass is 32.2. The number of fused-ring (bicyclic) bond motifs is 1. The van der Waals surface area contributed by atoms with Crippen molar-refractivity contribution in [3.8, 4) is 17.0 Å². The van der Waals surface area contributed by atoms with Crippen LogP contribution in [-0.2, 0) is 0 Å². The number of halogens is 1. The third kappa shape index (κ3) is 4.40. The van der Waals surface area contributed by atoms with Gasteiger partial charge in [-0.25, -0.2) is 14.4 Å². The summed E-state index contributed by atoms with van der Waals surface area (Å²) in [7, 11) is 0. The second kappa shape index (κ2) is 9.23. The number of benzene rings is 1. The van der Waals surface area contributed by atoms with Crippen LogP contribution in [0.2, 0.25) is 0 Å². The monoisotopic (exact) mass is 510 g/mol. The number of thiophene rings is 1. The van der Waals surface area contributed by atoms with Crippen molar-refractivity contribution in [1.82, 2.24) is 20.0 Å². The van der Waals surface area contributed by atoms with E-state index >= 15 is 0 Å². The molecule has 1 amide bonds. The summed E-state index contributed by atoms with van der Waals surface area (Å²) in [5, 5.41) is 5.88. The molecule has 4 aromatic rings. The van der Waals surface area contributed by atoms with Crippen molar-refractivity contribution in [2.45, 2.75) is 42.6 Å².